The van der Waals surface area contributed by atoms with Crippen molar-refractivity contribution in [3.05, 3.63) is 37.7 Å². The summed E-state index contributed by atoms with van der Waals surface area (Å²) in [4.78, 5) is 3.93. The molecule has 0 saturated carbocycles. The Morgan fingerprint density at radius 1 is 1.00 bits per heavy atom. The van der Waals surface area contributed by atoms with E-state index in [1.165, 1.54) is 23.5 Å². The fourth-order valence-electron chi connectivity index (χ4n) is 0.962. The summed E-state index contributed by atoms with van der Waals surface area (Å²) in [6.07, 6.45) is 0. The van der Waals surface area contributed by atoms with Crippen LogP contribution in [0.3, 0.4) is 0 Å². The molecule has 16 heavy (non-hydrogen) atoms. The number of hydrogen-bond donors (Lipinski definition) is 0. The Labute approximate surface area is 116 Å². The maximum Gasteiger partial charge on any atom is 0.280 e. The van der Waals surface area contributed by atoms with Crippen LogP contribution in [-0.4, -0.2) is 4.98 Å². The number of rotatable bonds is 2. The number of hydrogen-bond acceptors (Lipinski definition) is 3. The standard InChI is InChI=1S/C9H3Cl4NOS/c10-4-1-6(12)7(2-5(4)11)15-9-14-8(13)3-16-9/h1-3H. The average molecular weight is 315 g/mol. The summed E-state index contributed by atoms with van der Waals surface area (Å²) < 4.78 is 5.41. The first-order chi connectivity index (χ1) is 7.56. The summed E-state index contributed by atoms with van der Waals surface area (Å²) >= 11 is 24.5. The normalized spacial score (nSPS) is 10.5. The summed E-state index contributed by atoms with van der Waals surface area (Å²) in [5.41, 5.74) is 0. The number of aromatic nitrogens is 1. The van der Waals surface area contributed by atoms with Crippen molar-refractivity contribution in [2.24, 2.45) is 0 Å². The van der Waals surface area contributed by atoms with Crippen LogP contribution in [0, 0.1) is 0 Å². The van der Waals surface area contributed by atoms with E-state index in [0.29, 0.717) is 31.2 Å². The number of halogens is 4. The minimum atomic E-state index is 0.362. The molecule has 0 saturated heterocycles. The van der Waals surface area contributed by atoms with E-state index in [1.807, 2.05) is 0 Å². The highest BCUT2D eigenvalue weighted by molar-refractivity contribution is 7.11. The molecule has 0 bridgehead atoms. The summed E-state index contributed by atoms with van der Waals surface area (Å²) in [7, 11) is 0. The van der Waals surface area contributed by atoms with Crippen molar-refractivity contribution >= 4 is 57.7 Å². The molecule has 2 rings (SSSR count). The molecule has 2 nitrogen and oxygen atoms in total. The van der Waals surface area contributed by atoms with E-state index in [4.69, 9.17) is 51.1 Å². The van der Waals surface area contributed by atoms with Crippen molar-refractivity contribution in [2.75, 3.05) is 0 Å². The third-order valence-corrected chi connectivity index (χ3v) is 3.69. The number of benzene rings is 1. The van der Waals surface area contributed by atoms with Gasteiger partial charge >= 0.3 is 0 Å². The van der Waals surface area contributed by atoms with Gasteiger partial charge in [-0.1, -0.05) is 57.7 Å². The molecule has 1 aromatic heterocycles. The lowest BCUT2D eigenvalue weighted by Gasteiger charge is -2.05. The van der Waals surface area contributed by atoms with Gasteiger partial charge in [0.1, 0.15) is 5.15 Å². The monoisotopic (exact) mass is 313 g/mol. The lowest BCUT2D eigenvalue weighted by molar-refractivity contribution is 0.479. The Morgan fingerprint density at radius 2 is 1.69 bits per heavy atom. The van der Waals surface area contributed by atoms with E-state index >= 15 is 0 Å². The zero-order valence-corrected chi connectivity index (χ0v) is 11.3. The van der Waals surface area contributed by atoms with Crippen molar-refractivity contribution in [1.82, 2.24) is 4.98 Å². The molecule has 2 aromatic rings. The maximum absolute atomic E-state index is 5.93. The van der Waals surface area contributed by atoms with Crippen LogP contribution >= 0.6 is 57.7 Å². The Hall–Kier alpha value is -0.190. The first-order valence-electron chi connectivity index (χ1n) is 3.99. The van der Waals surface area contributed by atoms with Crippen LogP contribution in [0.5, 0.6) is 10.9 Å². The molecule has 0 unspecified atom stereocenters. The lowest BCUT2D eigenvalue weighted by atomic mass is 10.3. The number of ether oxygens (including phenoxy) is 1. The predicted octanol–water partition coefficient (Wildman–Crippen LogP) is 5.55. The molecule has 0 fully saturated rings. The van der Waals surface area contributed by atoms with Crippen LogP contribution < -0.4 is 4.74 Å². The molecule has 0 radical (unpaired) electrons. The quantitative estimate of drug-likeness (QED) is 0.678. The Bertz CT molecular complexity index is 528. The van der Waals surface area contributed by atoms with Crippen LogP contribution in [0.25, 0.3) is 0 Å². The Balaban J connectivity index is 2.31. The first-order valence-corrected chi connectivity index (χ1v) is 6.39. The molecule has 0 atom stereocenters. The fraction of sp³-hybridized carbons (Fsp3) is 0. The van der Waals surface area contributed by atoms with E-state index in [0.717, 1.165) is 0 Å². The zero-order valence-electron chi connectivity index (χ0n) is 7.51. The topological polar surface area (TPSA) is 22.1 Å². The van der Waals surface area contributed by atoms with Crippen molar-refractivity contribution < 1.29 is 4.74 Å². The molecule has 0 amide bonds. The minimum absolute atomic E-state index is 0.362. The highest BCUT2D eigenvalue weighted by Crippen LogP contribution is 2.37. The smallest absolute Gasteiger partial charge is 0.280 e. The second-order valence-electron chi connectivity index (χ2n) is 2.73. The van der Waals surface area contributed by atoms with Crippen LogP contribution in [0.2, 0.25) is 20.2 Å². The number of thiazole rings is 1. The molecule has 84 valence electrons. The van der Waals surface area contributed by atoms with Crippen molar-refractivity contribution in [2.45, 2.75) is 0 Å². The van der Waals surface area contributed by atoms with Gasteiger partial charge in [-0.2, -0.15) is 4.98 Å². The maximum atomic E-state index is 5.93. The highest BCUT2D eigenvalue weighted by atomic mass is 35.5. The van der Waals surface area contributed by atoms with Crippen molar-refractivity contribution in [1.29, 1.82) is 0 Å². The van der Waals surface area contributed by atoms with Gasteiger partial charge in [0.05, 0.1) is 15.1 Å². The van der Waals surface area contributed by atoms with E-state index in [1.54, 1.807) is 5.38 Å². The van der Waals surface area contributed by atoms with E-state index in [2.05, 4.69) is 4.98 Å². The molecule has 0 spiro atoms. The van der Waals surface area contributed by atoms with Gasteiger partial charge in [-0.05, 0) is 6.07 Å². The van der Waals surface area contributed by atoms with E-state index in [-0.39, 0.29) is 0 Å². The average Bonchev–Trinajstić information content (AvgIpc) is 2.60. The predicted molar refractivity (Wildman–Crippen MR) is 68.7 cm³/mol. The van der Waals surface area contributed by atoms with Crippen LogP contribution in [-0.2, 0) is 0 Å². The first kappa shape index (κ1) is 12.3. The van der Waals surface area contributed by atoms with E-state index in [9.17, 15) is 0 Å². The van der Waals surface area contributed by atoms with Gasteiger partial charge in [0.25, 0.3) is 5.19 Å². The highest BCUT2D eigenvalue weighted by Gasteiger charge is 2.10. The molecule has 1 heterocycles. The van der Waals surface area contributed by atoms with Gasteiger partial charge in [-0.3, -0.25) is 0 Å². The summed E-state index contributed by atoms with van der Waals surface area (Å²) in [5.74, 6) is 0.391. The Morgan fingerprint density at radius 3 is 2.31 bits per heavy atom. The number of nitrogens with zero attached hydrogens (tertiary/aromatic N) is 1. The molecule has 0 N–H and O–H groups in total. The molecule has 7 heteroatoms. The lowest BCUT2D eigenvalue weighted by Crippen LogP contribution is -1.85. The van der Waals surface area contributed by atoms with Crippen LogP contribution in [0.1, 0.15) is 0 Å². The fourth-order valence-corrected chi connectivity index (χ4v) is 2.34. The largest absolute Gasteiger partial charge is 0.429 e. The molecule has 0 aliphatic heterocycles. The molecule has 0 aliphatic carbocycles. The minimum Gasteiger partial charge on any atom is -0.429 e. The second-order valence-corrected chi connectivity index (χ2v) is 5.16. The molecule has 1 aromatic carbocycles. The van der Waals surface area contributed by atoms with Gasteiger partial charge in [0.2, 0.25) is 0 Å². The van der Waals surface area contributed by atoms with Gasteiger partial charge in [0, 0.05) is 11.4 Å². The van der Waals surface area contributed by atoms with Crippen LogP contribution in [0.15, 0.2) is 17.5 Å². The van der Waals surface area contributed by atoms with Gasteiger partial charge < -0.3 is 4.74 Å². The summed E-state index contributed by atoms with van der Waals surface area (Å²) in [5, 5.41) is 3.52. The SMILES string of the molecule is Clc1csc(Oc2cc(Cl)c(Cl)cc2Cl)n1. The third-order valence-electron chi connectivity index (χ3n) is 1.63. The Kier molecular flexibility index (Phi) is 3.82. The van der Waals surface area contributed by atoms with Gasteiger partial charge in [0.15, 0.2) is 5.75 Å². The van der Waals surface area contributed by atoms with E-state index < -0.39 is 0 Å². The second kappa shape index (κ2) is 4.98. The molecular weight excluding hydrogens is 312 g/mol. The zero-order chi connectivity index (χ0) is 11.7. The summed E-state index contributed by atoms with van der Waals surface area (Å²) in [6.45, 7) is 0. The molecular formula is C9H3Cl4NOS. The van der Waals surface area contributed by atoms with Crippen molar-refractivity contribution in [3.63, 3.8) is 0 Å². The van der Waals surface area contributed by atoms with Gasteiger partial charge in [-0.15, -0.1) is 0 Å². The van der Waals surface area contributed by atoms with Crippen molar-refractivity contribution in [3.8, 4) is 10.9 Å². The molecule has 0 aliphatic rings. The van der Waals surface area contributed by atoms with Crippen LogP contribution in [0.4, 0.5) is 0 Å². The third kappa shape index (κ3) is 2.73. The van der Waals surface area contributed by atoms with Gasteiger partial charge in [-0.25, -0.2) is 0 Å². The summed E-state index contributed by atoms with van der Waals surface area (Å²) in [6, 6.07) is 3.04.